The smallest absolute Gasteiger partial charge is 0.0590 e. The third kappa shape index (κ3) is 1.45. The fourth-order valence-electron chi connectivity index (χ4n) is 1.11. The highest BCUT2D eigenvalue weighted by molar-refractivity contribution is 6.30. The first kappa shape index (κ1) is 7.65. The lowest BCUT2D eigenvalue weighted by Gasteiger charge is -1.86. The lowest BCUT2D eigenvalue weighted by atomic mass is 10.2. The van der Waals surface area contributed by atoms with Gasteiger partial charge in [-0.15, -0.1) is 0 Å². The minimum Gasteiger partial charge on any atom is -0.158 e. The SMILES string of the molecule is [N]=C=c1ccc(=C2C=NN=C2)cc1. The zero-order valence-electron chi connectivity index (χ0n) is 6.81. The highest BCUT2D eigenvalue weighted by atomic mass is 15.2. The predicted octanol–water partition coefficient (Wildman–Crippen LogP) is -0.951. The van der Waals surface area contributed by atoms with E-state index < -0.39 is 0 Å². The Bertz CT molecular complexity index is 482. The van der Waals surface area contributed by atoms with Crippen LogP contribution in [-0.2, 0) is 0 Å². The van der Waals surface area contributed by atoms with Crippen LogP contribution in [0.3, 0.4) is 0 Å². The topological polar surface area (TPSA) is 47.0 Å². The Hall–Kier alpha value is -1.99. The Balaban J connectivity index is 2.68. The normalized spacial score (nSPS) is 13.4. The number of benzene rings is 1. The van der Waals surface area contributed by atoms with Crippen LogP contribution in [0.2, 0.25) is 0 Å². The van der Waals surface area contributed by atoms with Gasteiger partial charge in [-0.1, -0.05) is 17.5 Å². The third-order valence-corrected chi connectivity index (χ3v) is 1.81. The minimum absolute atomic E-state index is 0.663. The average Bonchev–Trinajstić information content (AvgIpc) is 2.71. The van der Waals surface area contributed by atoms with Gasteiger partial charge in [-0.05, 0) is 17.4 Å². The van der Waals surface area contributed by atoms with Crippen LogP contribution in [0, 0.1) is 0 Å². The van der Waals surface area contributed by atoms with Crippen LogP contribution in [0.4, 0.5) is 0 Å². The van der Waals surface area contributed by atoms with Crippen LogP contribution >= 0.6 is 0 Å². The van der Waals surface area contributed by atoms with Crippen molar-refractivity contribution in [3.63, 3.8) is 0 Å². The van der Waals surface area contributed by atoms with E-state index in [-0.39, 0.29) is 0 Å². The standard InChI is InChI=1S/C10H6N3/c11-5-8-1-3-9(4-2-8)10-6-12-13-7-10/h1-4,6-7H. The molecule has 0 spiro atoms. The van der Waals surface area contributed by atoms with Crippen LogP contribution in [0.15, 0.2) is 34.5 Å². The van der Waals surface area contributed by atoms with Crippen molar-refractivity contribution in [2.24, 2.45) is 10.2 Å². The van der Waals surface area contributed by atoms with E-state index in [1.165, 1.54) is 0 Å². The predicted molar refractivity (Wildman–Crippen MR) is 52.3 cm³/mol. The first-order valence-corrected chi connectivity index (χ1v) is 3.84. The van der Waals surface area contributed by atoms with Crippen molar-refractivity contribution in [3.8, 4) is 0 Å². The quantitative estimate of drug-likeness (QED) is 0.448. The molecule has 0 unspecified atom stereocenters. The Kier molecular flexibility index (Phi) is 1.87. The highest BCUT2D eigenvalue weighted by Gasteiger charge is 1.94. The van der Waals surface area contributed by atoms with Crippen molar-refractivity contribution in [1.82, 2.24) is 5.41 Å². The molecule has 0 N–H and O–H groups in total. The molecule has 0 saturated carbocycles. The van der Waals surface area contributed by atoms with Gasteiger partial charge in [0, 0.05) is 16.7 Å². The van der Waals surface area contributed by atoms with E-state index in [0.717, 1.165) is 10.8 Å². The number of hydrogen-bond donors (Lipinski definition) is 0. The zero-order valence-corrected chi connectivity index (χ0v) is 6.81. The van der Waals surface area contributed by atoms with E-state index in [4.69, 9.17) is 5.41 Å². The van der Waals surface area contributed by atoms with Crippen molar-refractivity contribution >= 4 is 23.9 Å². The Morgan fingerprint density at radius 1 is 1.00 bits per heavy atom. The van der Waals surface area contributed by atoms with Crippen molar-refractivity contribution in [3.05, 3.63) is 34.7 Å². The summed E-state index contributed by atoms with van der Waals surface area (Å²) >= 11 is 0. The molecule has 61 valence electrons. The molecule has 0 saturated heterocycles. The molecule has 3 heteroatoms. The second-order valence-corrected chi connectivity index (χ2v) is 2.63. The average molecular weight is 168 g/mol. The van der Waals surface area contributed by atoms with Crippen LogP contribution in [-0.4, -0.2) is 18.3 Å². The van der Waals surface area contributed by atoms with Gasteiger partial charge in [0.1, 0.15) is 0 Å². The number of rotatable bonds is 0. The Morgan fingerprint density at radius 2 is 1.62 bits per heavy atom. The molecule has 1 aliphatic heterocycles. The maximum absolute atomic E-state index is 8.58. The van der Waals surface area contributed by atoms with Gasteiger partial charge in [0.25, 0.3) is 0 Å². The molecule has 1 aliphatic rings. The fourth-order valence-corrected chi connectivity index (χ4v) is 1.11. The molecule has 13 heavy (non-hydrogen) atoms. The molecule has 1 aromatic carbocycles. The highest BCUT2D eigenvalue weighted by Crippen LogP contribution is 1.91. The van der Waals surface area contributed by atoms with E-state index in [1.54, 1.807) is 24.6 Å². The first-order valence-electron chi connectivity index (χ1n) is 3.84. The van der Waals surface area contributed by atoms with Crippen LogP contribution in [0.25, 0.3) is 5.57 Å². The van der Waals surface area contributed by atoms with Gasteiger partial charge in [0.05, 0.1) is 12.4 Å². The summed E-state index contributed by atoms with van der Waals surface area (Å²) in [5.41, 5.74) is 0.976. The van der Waals surface area contributed by atoms with Crippen molar-refractivity contribution in [2.45, 2.75) is 0 Å². The fraction of sp³-hybridized carbons (Fsp3) is 0. The first-order chi connectivity index (χ1) is 6.40. The molecule has 1 radical (unpaired) electrons. The lowest BCUT2D eigenvalue weighted by Crippen LogP contribution is -2.11. The Labute approximate surface area is 75.0 Å². The van der Waals surface area contributed by atoms with Crippen molar-refractivity contribution < 1.29 is 0 Å². The molecule has 2 rings (SSSR count). The number of hydrogen-bond acceptors (Lipinski definition) is 2. The molecule has 1 aromatic rings. The largest absolute Gasteiger partial charge is 0.158 e. The molecule has 3 nitrogen and oxygen atoms in total. The van der Waals surface area contributed by atoms with Gasteiger partial charge in [-0.3, -0.25) is 0 Å². The van der Waals surface area contributed by atoms with E-state index >= 15 is 0 Å². The van der Waals surface area contributed by atoms with Crippen LogP contribution in [0.1, 0.15) is 0 Å². The maximum atomic E-state index is 8.58. The molecule has 0 atom stereocenters. The van der Waals surface area contributed by atoms with E-state index in [0.29, 0.717) is 5.22 Å². The van der Waals surface area contributed by atoms with Gasteiger partial charge in [0.15, 0.2) is 0 Å². The second kappa shape index (κ2) is 3.17. The third-order valence-electron chi connectivity index (χ3n) is 1.81. The van der Waals surface area contributed by atoms with Gasteiger partial charge < -0.3 is 0 Å². The van der Waals surface area contributed by atoms with Gasteiger partial charge in [-0.25, -0.2) is 0 Å². The van der Waals surface area contributed by atoms with Gasteiger partial charge in [-0.2, -0.15) is 10.2 Å². The van der Waals surface area contributed by atoms with Gasteiger partial charge in [0.2, 0.25) is 0 Å². The molecule has 0 aromatic heterocycles. The summed E-state index contributed by atoms with van der Waals surface area (Å²) in [6.45, 7) is 0. The molecule has 0 amide bonds. The molecule has 0 bridgehead atoms. The molecular formula is C10H6N3. The van der Waals surface area contributed by atoms with Crippen molar-refractivity contribution in [2.75, 3.05) is 0 Å². The van der Waals surface area contributed by atoms with E-state index in [1.807, 2.05) is 12.1 Å². The van der Waals surface area contributed by atoms with Crippen LogP contribution < -0.4 is 15.8 Å². The molecule has 0 fully saturated rings. The van der Waals surface area contributed by atoms with Gasteiger partial charge >= 0.3 is 0 Å². The van der Waals surface area contributed by atoms with E-state index in [9.17, 15) is 0 Å². The monoisotopic (exact) mass is 168 g/mol. The minimum atomic E-state index is 0.663. The summed E-state index contributed by atoms with van der Waals surface area (Å²) in [6.07, 6.45) is 3.39. The zero-order chi connectivity index (χ0) is 9.10. The Morgan fingerprint density at radius 3 is 2.15 bits per heavy atom. The number of nitrogens with zero attached hydrogens (tertiary/aromatic N) is 3. The summed E-state index contributed by atoms with van der Waals surface area (Å²) < 4.78 is 0. The van der Waals surface area contributed by atoms with E-state index in [2.05, 4.69) is 16.1 Å². The summed E-state index contributed by atoms with van der Waals surface area (Å²) in [5.74, 6) is 2.07. The molecule has 1 heterocycles. The molecular weight excluding hydrogens is 162 g/mol. The summed E-state index contributed by atoms with van der Waals surface area (Å²) in [6, 6.07) is 7.33. The molecule has 0 aliphatic carbocycles. The van der Waals surface area contributed by atoms with Crippen molar-refractivity contribution in [1.29, 1.82) is 0 Å². The second-order valence-electron chi connectivity index (χ2n) is 2.63. The van der Waals surface area contributed by atoms with Crippen LogP contribution in [0.5, 0.6) is 0 Å². The summed E-state index contributed by atoms with van der Waals surface area (Å²) in [7, 11) is 0. The summed E-state index contributed by atoms with van der Waals surface area (Å²) in [5, 5.41) is 17.7. The summed E-state index contributed by atoms with van der Waals surface area (Å²) in [4.78, 5) is 0. The maximum Gasteiger partial charge on any atom is 0.0590 e. The lowest BCUT2D eigenvalue weighted by molar-refractivity contribution is 1.29.